The molecule has 1 unspecified atom stereocenters. The number of amides is 1. The van der Waals surface area contributed by atoms with Crippen LogP contribution in [0.3, 0.4) is 0 Å². The van der Waals surface area contributed by atoms with E-state index < -0.39 is 0 Å². The molecule has 1 atom stereocenters. The fourth-order valence-corrected chi connectivity index (χ4v) is 4.18. The van der Waals surface area contributed by atoms with Gasteiger partial charge in [-0.1, -0.05) is 6.07 Å². The van der Waals surface area contributed by atoms with Crippen molar-refractivity contribution in [1.82, 2.24) is 24.6 Å². The predicted octanol–water partition coefficient (Wildman–Crippen LogP) is 3.48. The largest absolute Gasteiger partial charge is 0.341 e. The summed E-state index contributed by atoms with van der Waals surface area (Å²) >= 11 is 0. The lowest BCUT2D eigenvalue weighted by Crippen LogP contribution is -2.33. The topological polar surface area (TPSA) is 78.8 Å². The Kier molecular flexibility index (Phi) is 4.93. The van der Waals surface area contributed by atoms with Gasteiger partial charge in [-0.3, -0.25) is 14.4 Å². The molecule has 148 valence electrons. The van der Waals surface area contributed by atoms with Crippen LogP contribution in [0.25, 0.3) is 11.0 Å². The normalized spacial score (nSPS) is 17.5. The van der Waals surface area contributed by atoms with E-state index in [1.165, 1.54) is 5.56 Å². The minimum atomic E-state index is 0.000656. The standard InChI is InChI=1S/C21H28N6O/c1-5-27-15(4)20(14(3)25-27)24-19(28)12-26-10-6-7-18(26)21-22-16-9-8-13(2)11-17(16)23-21/h8-9,11,18H,5-7,10,12H2,1-4H3,(H,22,23)(H,24,28). The third-order valence-corrected chi connectivity index (χ3v) is 5.63. The maximum Gasteiger partial charge on any atom is 0.238 e. The molecule has 1 aliphatic rings. The lowest BCUT2D eigenvalue weighted by Gasteiger charge is -2.22. The summed E-state index contributed by atoms with van der Waals surface area (Å²) in [7, 11) is 0. The molecule has 1 amide bonds. The van der Waals surface area contributed by atoms with Crippen LogP contribution in [0, 0.1) is 20.8 Å². The van der Waals surface area contributed by atoms with Crippen LogP contribution in [0.4, 0.5) is 5.69 Å². The third kappa shape index (κ3) is 3.42. The van der Waals surface area contributed by atoms with Gasteiger partial charge in [-0.15, -0.1) is 0 Å². The molecule has 28 heavy (non-hydrogen) atoms. The number of imidazole rings is 1. The number of anilines is 1. The number of aromatic nitrogens is 4. The average Bonchev–Trinajstić information content (AvgIpc) is 3.34. The number of nitrogens with zero attached hydrogens (tertiary/aromatic N) is 4. The first-order valence-corrected chi connectivity index (χ1v) is 10.0. The van der Waals surface area contributed by atoms with Gasteiger partial charge in [0, 0.05) is 6.54 Å². The van der Waals surface area contributed by atoms with Gasteiger partial charge >= 0.3 is 0 Å². The molecule has 0 saturated carbocycles. The minimum Gasteiger partial charge on any atom is -0.341 e. The van der Waals surface area contributed by atoms with Crippen LogP contribution in [0.5, 0.6) is 0 Å². The Balaban J connectivity index is 1.49. The maximum atomic E-state index is 12.7. The number of aromatic amines is 1. The molecule has 3 aromatic rings. The van der Waals surface area contributed by atoms with Crippen LogP contribution in [0.15, 0.2) is 18.2 Å². The number of carbonyl (C=O) groups excluding carboxylic acids is 1. The van der Waals surface area contributed by atoms with Gasteiger partial charge in [0.15, 0.2) is 0 Å². The van der Waals surface area contributed by atoms with E-state index in [-0.39, 0.29) is 11.9 Å². The van der Waals surface area contributed by atoms with Crippen molar-refractivity contribution in [3.05, 3.63) is 41.0 Å². The number of nitrogens with one attached hydrogen (secondary N) is 2. The molecule has 2 aromatic heterocycles. The molecule has 0 radical (unpaired) electrons. The summed E-state index contributed by atoms with van der Waals surface area (Å²) in [6, 6.07) is 6.40. The van der Waals surface area contributed by atoms with Gasteiger partial charge in [-0.05, 0) is 64.8 Å². The Morgan fingerprint density at radius 3 is 2.89 bits per heavy atom. The van der Waals surface area contributed by atoms with E-state index >= 15 is 0 Å². The van der Waals surface area contributed by atoms with E-state index in [4.69, 9.17) is 4.98 Å². The number of H-pyrrole nitrogens is 1. The summed E-state index contributed by atoms with van der Waals surface area (Å²) in [6.07, 6.45) is 2.08. The Morgan fingerprint density at radius 1 is 1.32 bits per heavy atom. The van der Waals surface area contributed by atoms with Gasteiger partial charge < -0.3 is 10.3 Å². The molecule has 0 bridgehead atoms. The second-order valence-corrected chi connectivity index (χ2v) is 7.68. The van der Waals surface area contributed by atoms with Crippen molar-refractivity contribution in [2.24, 2.45) is 0 Å². The van der Waals surface area contributed by atoms with Crippen molar-refractivity contribution in [3.63, 3.8) is 0 Å². The lowest BCUT2D eigenvalue weighted by atomic mass is 10.2. The fraction of sp³-hybridized carbons (Fsp3) is 0.476. The highest BCUT2D eigenvalue weighted by atomic mass is 16.2. The molecule has 1 aromatic carbocycles. The SMILES string of the molecule is CCn1nc(C)c(NC(=O)CN2CCCC2c2nc3ccc(C)cc3[nH]2)c1C. The van der Waals surface area contributed by atoms with Crippen molar-refractivity contribution < 1.29 is 4.79 Å². The van der Waals surface area contributed by atoms with Crippen molar-refractivity contribution >= 4 is 22.6 Å². The van der Waals surface area contributed by atoms with Crippen molar-refractivity contribution in [2.75, 3.05) is 18.4 Å². The number of fused-ring (bicyclic) bond motifs is 1. The molecule has 0 aliphatic carbocycles. The summed E-state index contributed by atoms with van der Waals surface area (Å²) < 4.78 is 1.92. The zero-order valence-electron chi connectivity index (χ0n) is 17.0. The van der Waals surface area contributed by atoms with E-state index in [2.05, 4.69) is 46.3 Å². The minimum absolute atomic E-state index is 0.000656. The lowest BCUT2D eigenvalue weighted by molar-refractivity contribution is -0.117. The first-order chi connectivity index (χ1) is 13.5. The highest BCUT2D eigenvalue weighted by Gasteiger charge is 2.30. The van der Waals surface area contributed by atoms with Gasteiger partial charge in [0.1, 0.15) is 5.82 Å². The molecule has 4 rings (SSSR count). The number of benzene rings is 1. The second kappa shape index (κ2) is 7.39. The van der Waals surface area contributed by atoms with Gasteiger partial charge in [-0.25, -0.2) is 4.98 Å². The van der Waals surface area contributed by atoms with Crippen molar-refractivity contribution in [1.29, 1.82) is 0 Å². The summed E-state index contributed by atoms with van der Waals surface area (Å²) in [5.74, 6) is 0.956. The molecular formula is C21H28N6O. The molecule has 7 heteroatoms. The van der Waals surface area contributed by atoms with Crippen LogP contribution < -0.4 is 5.32 Å². The Bertz CT molecular complexity index is 1020. The van der Waals surface area contributed by atoms with Crippen LogP contribution in [-0.2, 0) is 11.3 Å². The molecule has 1 fully saturated rings. The van der Waals surface area contributed by atoms with Crippen molar-refractivity contribution in [2.45, 2.75) is 53.1 Å². The monoisotopic (exact) mass is 380 g/mol. The predicted molar refractivity (Wildman–Crippen MR) is 110 cm³/mol. The smallest absolute Gasteiger partial charge is 0.238 e. The number of likely N-dealkylation sites (tertiary alicyclic amines) is 1. The summed E-state index contributed by atoms with van der Waals surface area (Å²) in [5, 5.41) is 7.55. The number of hydrogen-bond acceptors (Lipinski definition) is 4. The molecule has 0 spiro atoms. The Hall–Kier alpha value is -2.67. The molecule has 2 N–H and O–H groups in total. The molecule has 7 nitrogen and oxygen atoms in total. The summed E-state index contributed by atoms with van der Waals surface area (Å²) in [4.78, 5) is 23.2. The third-order valence-electron chi connectivity index (χ3n) is 5.63. The van der Waals surface area contributed by atoms with E-state index in [9.17, 15) is 4.79 Å². The van der Waals surface area contributed by atoms with Gasteiger partial charge in [-0.2, -0.15) is 5.10 Å². The van der Waals surface area contributed by atoms with Crippen LogP contribution in [0.2, 0.25) is 0 Å². The van der Waals surface area contributed by atoms with E-state index in [0.717, 1.165) is 59.9 Å². The molecule has 3 heterocycles. The number of carbonyl (C=O) groups is 1. The molecule has 1 saturated heterocycles. The van der Waals surface area contributed by atoms with Crippen LogP contribution in [-0.4, -0.2) is 43.6 Å². The van der Waals surface area contributed by atoms with E-state index in [1.54, 1.807) is 0 Å². The first-order valence-electron chi connectivity index (χ1n) is 10.0. The number of hydrogen-bond donors (Lipinski definition) is 2. The number of rotatable bonds is 5. The zero-order chi connectivity index (χ0) is 19.8. The maximum absolute atomic E-state index is 12.7. The van der Waals surface area contributed by atoms with Crippen LogP contribution >= 0.6 is 0 Å². The quantitative estimate of drug-likeness (QED) is 0.710. The highest BCUT2D eigenvalue weighted by Crippen LogP contribution is 2.31. The van der Waals surface area contributed by atoms with E-state index in [0.29, 0.717) is 6.54 Å². The number of aryl methyl sites for hydroxylation is 3. The van der Waals surface area contributed by atoms with Gasteiger partial charge in [0.05, 0.1) is 40.7 Å². The average molecular weight is 380 g/mol. The first kappa shape index (κ1) is 18.7. The molecule has 1 aliphatic heterocycles. The van der Waals surface area contributed by atoms with Crippen LogP contribution in [0.1, 0.15) is 48.6 Å². The van der Waals surface area contributed by atoms with Gasteiger partial charge in [0.25, 0.3) is 0 Å². The second-order valence-electron chi connectivity index (χ2n) is 7.68. The Labute approximate surface area is 165 Å². The van der Waals surface area contributed by atoms with Gasteiger partial charge in [0.2, 0.25) is 5.91 Å². The van der Waals surface area contributed by atoms with Crippen molar-refractivity contribution in [3.8, 4) is 0 Å². The summed E-state index contributed by atoms with van der Waals surface area (Å²) in [5.41, 5.74) is 5.95. The fourth-order valence-electron chi connectivity index (χ4n) is 4.18. The Morgan fingerprint density at radius 2 is 2.14 bits per heavy atom. The summed E-state index contributed by atoms with van der Waals surface area (Å²) in [6.45, 7) is 10.1. The highest BCUT2D eigenvalue weighted by molar-refractivity contribution is 5.93. The molecular weight excluding hydrogens is 352 g/mol. The van der Waals surface area contributed by atoms with E-state index in [1.807, 2.05) is 24.6 Å². The zero-order valence-corrected chi connectivity index (χ0v) is 17.0.